The maximum Gasteiger partial charge on any atom is 0.124 e. The van der Waals surface area contributed by atoms with Gasteiger partial charge in [0.25, 0.3) is 0 Å². The van der Waals surface area contributed by atoms with E-state index in [9.17, 15) is 0 Å². The molecule has 146 valence electrons. The van der Waals surface area contributed by atoms with Crippen LogP contribution >= 0.6 is 54.5 Å². The Morgan fingerprint density at radius 1 is 0.533 bits per heavy atom. The second-order valence-electron chi connectivity index (χ2n) is 6.67. The van der Waals surface area contributed by atoms with Crippen LogP contribution in [0.3, 0.4) is 0 Å². The summed E-state index contributed by atoms with van der Waals surface area (Å²) < 4.78 is 2.14. The van der Waals surface area contributed by atoms with Crippen molar-refractivity contribution in [2.45, 2.75) is 0 Å². The van der Waals surface area contributed by atoms with E-state index in [0.717, 1.165) is 52.6 Å². The van der Waals surface area contributed by atoms with E-state index in [0.29, 0.717) is 0 Å². The van der Waals surface area contributed by atoms with E-state index in [4.69, 9.17) is 9.97 Å². The number of aromatic nitrogens is 2. The van der Waals surface area contributed by atoms with Crippen molar-refractivity contribution in [2.24, 2.45) is 0 Å². The van der Waals surface area contributed by atoms with Gasteiger partial charge in [0.1, 0.15) is 10.0 Å². The largest absolute Gasteiger partial charge is 0.236 e. The molecule has 0 amide bonds. The number of rotatable bonds is 4. The molecule has 5 aromatic rings. The van der Waals surface area contributed by atoms with Crippen LogP contribution in [-0.2, 0) is 0 Å². The summed E-state index contributed by atoms with van der Waals surface area (Å²) >= 11 is 10.3. The predicted molar refractivity (Wildman–Crippen MR) is 135 cm³/mol. The molecule has 0 N–H and O–H groups in total. The molecule has 0 saturated carbocycles. The Labute approximate surface area is 199 Å². The summed E-state index contributed by atoms with van der Waals surface area (Å²) in [5, 5.41) is 6.25. The van der Waals surface area contributed by atoms with E-state index in [-0.39, 0.29) is 0 Å². The second kappa shape index (κ2) is 8.55. The molecule has 0 unspecified atom stereocenters. The summed E-state index contributed by atoms with van der Waals surface area (Å²) in [5.74, 6) is 0. The Hall–Kier alpha value is -2.12. The Bertz CT molecular complexity index is 1210. The van der Waals surface area contributed by atoms with E-state index in [1.807, 2.05) is 24.3 Å². The SMILES string of the molecule is Brc1ccc(-c2csc(-c3cccc(-c4nc(-c5ccc(Br)cc5)cs4)c3)n2)cc1. The first kappa shape index (κ1) is 19.8. The number of hydrogen-bond acceptors (Lipinski definition) is 4. The van der Waals surface area contributed by atoms with Crippen molar-refractivity contribution in [2.75, 3.05) is 0 Å². The lowest BCUT2D eigenvalue weighted by molar-refractivity contribution is 1.38. The number of hydrogen-bond donors (Lipinski definition) is 0. The molecule has 0 aliphatic carbocycles. The van der Waals surface area contributed by atoms with Gasteiger partial charge in [-0.05, 0) is 30.3 Å². The molecule has 30 heavy (non-hydrogen) atoms. The van der Waals surface area contributed by atoms with Crippen molar-refractivity contribution >= 4 is 54.5 Å². The van der Waals surface area contributed by atoms with Gasteiger partial charge in [0, 0.05) is 42.0 Å². The molecule has 0 aliphatic heterocycles. The van der Waals surface area contributed by atoms with E-state index >= 15 is 0 Å². The molecule has 2 heterocycles. The fourth-order valence-electron chi connectivity index (χ4n) is 3.10. The van der Waals surface area contributed by atoms with Crippen LogP contribution in [0.15, 0.2) is 92.5 Å². The first-order chi connectivity index (χ1) is 14.7. The highest BCUT2D eigenvalue weighted by atomic mass is 79.9. The third kappa shape index (κ3) is 4.18. The molecular formula is C24H14Br2N2S2. The van der Waals surface area contributed by atoms with Crippen molar-refractivity contribution in [3.05, 3.63) is 92.5 Å². The van der Waals surface area contributed by atoms with Gasteiger partial charge in [-0.3, -0.25) is 0 Å². The zero-order valence-electron chi connectivity index (χ0n) is 15.5. The predicted octanol–water partition coefficient (Wildman–Crippen LogP) is 8.79. The standard InChI is InChI=1S/C24H14Br2N2S2/c25-19-8-4-15(5-9-19)21-13-29-23(27-21)17-2-1-3-18(12-17)24-28-22(14-30-24)16-6-10-20(26)11-7-16/h1-14H. The van der Waals surface area contributed by atoms with Crippen molar-refractivity contribution in [3.8, 4) is 43.7 Å². The quantitative estimate of drug-likeness (QED) is 0.222. The van der Waals surface area contributed by atoms with Gasteiger partial charge in [0.2, 0.25) is 0 Å². The van der Waals surface area contributed by atoms with Crippen LogP contribution in [0.2, 0.25) is 0 Å². The highest BCUT2D eigenvalue weighted by Gasteiger charge is 2.11. The summed E-state index contributed by atoms with van der Waals surface area (Å²) in [7, 11) is 0. The van der Waals surface area contributed by atoms with Gasteiger partial charge in [-0.2, -0.15) is 0 Å². The fourth-order valence-corrected chi connectivity index (χ4v) is 5.29. The van der Waals surface area contributed by atoms with Crippen LogP contribution in [0.25, 0.3) is 43.7 Å². The smallest absolute Gasteiger partial charge is 0.124 e. The van der Waals surface area contributed by atoms with Gasteiger partial charge in [-0.15, -0.1) is 22.7 Å². The summed E-state index contributed by atoms with van der Waals surface area (Å²) in [6, 6.07) is 25.0. The molecule has 0 aliphatic rings. The Morgan fingerprint density at radius 2 is 0.967 bits per heavy atom. The first-order valence-corrected chi connectivity index (χ1v) is 12.5. The van der Waals surface area contributed by atoms with Crippen molar-refractivity contribution in [1.29, 1.82) is 0 Å². The second-order valence-corrected chi connectivity index (χ2v) is 10.2. The van der Waals surface area contributed by atoms with Crippen LogP contribution < -0.4 is 0 Å². The van der Waals surface area contributed by atoms with Crippen LogP contribution in [0, 0.1) is 0 Å². The summed E-state index contributed by atoms with van der Waals surface area (Å²) in [4.78, 5) is 9.72. The number of nitrogens with zero attached hydrogens (tertiary/aromatic N) is 2. The Kier molecular flexibility index (Phi) is 5.65. The first-order valence-electron chi connectivity index (χ1n) is 9.19. The van der Waals surface area contributed by atoms with Gasteiger partial charge in [0.05, 0.1) is 11.4 Å². The minimum atomic E-state index is 1.000. The van der Waals surface area contributed by atoms with Gasteiger partial charge >= 0.3 is 0 Å². The summed E-state index contributed by atoms with van der Waals surface area (Å²) in [6.45, 7) is 0. The maximum atomic E-state index is 4.86. The molecule has 0 saturated heterocycles. The number of halogens is 2. The van der Waals surface area contributed by atoms with Crippen LogP contribution in [-0.4, -0.2) is 9.97 Å². The lowest BCUT2D eigenvalue weighted by atomic mass is 10.1. The summed E-state index contributed by atoms with van der Waals surface area (Å²) in [6.07, 6.45) is 0. The monoisotopic (exact) mass is 552 g/mol. The molecule has 0 bridgehead atoms. The third-order valence-corrected chi connectivity index (χ3v) is 7.48. The number of thiazole rings is 2. The summed E-state index contributed by atoms with van der Waals surface area (Å²) in [5.41, 5.74) is 6.47. The van der Waals surface area contributed by atoms with Gasteiger partial charge in [-0.25, -0.2) is 9.97 Å². The van der Waals surface area contributed by atoms with Crippen LogP contribution in [0.1, 0.15) is 0 Å². The molecule has 0 radical (unpaired) electrons. The van der Waals surface area contributed by atoms with Gasteiger partial charge in [0.15, 0.2) is 0 Å². The lowest BCUT2D eigenvalue weighted by Crippen LogP contribution is -1.82. The molecule has 0 atom stereocenters. The lowest BCUT2D eigenvalue weighted by Gasteiger charge is -2.01. The molecule has 3 aromatic carbocycles. The normalized spacial score (nSPS) is 11.0. The maximum absolute atomic E-state index is 4.86. The molecule has 5 rings (SSSR count). The van der Waals surface area contributed by atoms with Crippen LogP contribution in [0.5, 0.6) is 0 Å². The Balaban J connectivity index is 1.44. The van der Waals surface area contributed by atoms with E-state index in [2.05, 4.69) is 91.2 Å². The van der Waals surface area contributed by atoms with Crippen LogP contribution in [0.4, 0.5) is 0 Å². The Morgan fingerprint density at radius 3 is 1.40 bits per heavy atom. The highest BCUT2D eigenvalue weighted by Crippen LogP contribution is 2.34. The average molecular weight is 554 g/mol. The average Bonchev–Trinajstić information content (AvgIpc) is 3.45. The fraction of sp³-hybridized carbons (Fsp3) is 0. The van der Waals surface area contributed by atoms with E-state index in [1.165, 1.54) is 0 Å². The third-order valence-electron chi connectivity index (χ3n) is 4.64. The molecular weight excluding hydrogens is 540 g/mol. The minimum absolute atomic E-state index is 1.000. The molecule has 0 fully saturated rings. The number of benzene rings is 3. The minimum Gasteiger partial charge on any atom is -0.236 e. The zero-order valence-corrected chi connectivity index (χ0v) is 20.4. The van der Waals surface area contributed by atoms with E-state index < -0.39 is 0 Å². The van der Waals surface area contributed by atoms with E-state index in [1.54, 1.807) is 22.7 Å². The molecule has 6 heteroatoms. The molecule has 2 nitrogen and oxygen atoms in total. The van der Waals surface area contributed by atoms with Crippen molar-refractivity contribution in [1.82, 2.24) is 9.97 Å². The zero-order chi connectivity index (χ0) is 20.5. The topological polar surface area (TPSA) is 25.8 Å². The highest BCUT2D eigenvalue weighted by molar-refractivity contribution is 9.10. The van der Waals surface area contributed by atoms with Crippen molar-refractivity contribution in [3.63, 3.8) is 0 Å². The molecule has 2 aromatic heterocycles. The van der Waals surface area contributed by atoms with Gasteiger partial charge in [-0.1, -0.05) is 74.3 Å². The van der Waals surface area contributed by atoms with Crippen molar-refractivity contribution < 1.29 is 0 Å². The molecule has 0 spiro atoms. The van der Waals surface area contributed by atoms with Gasteiger partial charge < -0.3 is 0 Å².